The van der Waals surface area contributed by atoms with E-state index in [-0.39, 0.29) is 11.9 Å². The molecule has 0 radical (unpaired) electrons. The average Bonchev–Trinajstić information content (AvgIpc) is 2.97. The van der Waals surface area contributed by atoms with Crippen LogP contribution in [0.1, 0.15) is 60.8 Å². The van der Waals surface area contributed by atoms with E-state index in [9.17, 15) is 9.59 Å². The number of para-hydroxylation sites is 1. The molecular formula is C21H27N3O3. The number of aryl methyl sites for hydroxylation is 1. The highest BCUT2D eigenvalue weighted by Crippen LogP contribution is 2.20. The summed E-state index contributed by atoms with van der Waals surface area (Å²) < 4.78 is 7.17. The van der Waals surface area contributed by atoms with Gasteiger partial charge in [-0.25, -0.2) is 9.48 Å². The molecule has 1 aliphatic rings. The van der Waals surface area contributed by atoms with E-state index in [1.165, 1.54) is 6.42 Å². The molecule has 1 atom stereocenters. The lowest BCUT2D eigenvalue weighted by Gasteiger charge is -2.24. The molecule has 1 aromatic heterocycles. The normalized spacial score (nSPS) is 16.0. The highest BCUT2D eigenvalue weighted by Gasteiger charge is 2.26. The van der Waals surface area contributed by atoms with Gasteiger partial charge in [-0.1, -0.05) is 37.5 Å². The molecule has 1 amide bonds. The van der Waals surface area contributed by atoms with Gasteiger partial charge < -0.3 is 10.1 Å². The first-order chi connectivity index (χ1) is 13.0. The summed E-state index contributed by atoms with van der Waals surface area (Å²) in [7, 11) is 0. The number of aromatic nitrogens is 2. The van der Waals surface area contributed by atoms with Gasteiger partial charge in [-0.05, 0) is 45.7 Å². The first kappa shape index (κ1) is 19.1. The Morgan fingerprint density at radius 3 is 2.48 bits per heavy atom. The van der Waals surface area contributed by atoms with E-state index in [1.54, 1.807) is 18.5 Å². The number of nitrogens with one attached hydrogen (secondary N) is 1. The van der Waals surface area contributed by atoms with Gasteiger partial charge in [-0.15, -0.1) is 0 Å². The van der Waals surface area contributed by atoms with E-state index in [2.05, 4.69) is 10.4 Å². The third-order valence-corrected chi connectivity index (χ3v) is 5.10. The number of benzene rings is 1. The van der Waals surface area contributed by atoms with Crippen LogP contribution in [-0.2, 0) is 9.53 Å². The van der Waals surface area contributed by atoms with E-state index in [0.29, 0.717) is 17.0 Å². The molecule has 1 N–H and O–H groups in total. The largest absolute Gasteiger partial charge is 0.449 e. The smallest absolute Gasteiger partial charge is 0.342 e. The van der Waals surface area contributed by atoms with Crippen LogP contribution in [0.25, 0.3) is 5.69 Å². The first-order valence-electron chi connectivity index (χ1n) is 9.60. The van der Waals surface area contributed by atoms with Crippen molar-refractivity contribution in [2.75, 3.05) is 0 Å². The number of carbonyl (C=O) groups is 2. The number of ether oxygens (including phenoxy) is 1. The fraction of sp³-hybridized carbons (Fsp3) is 0.476. The average molecular weight is 369 g/mol. The number of carbonyl (C=O) groups excluding carboxylic acids is 2. The van der Waals surface area contributed by atoms with Gasteiger partial charge in [-0.2, -0.15) is 5.10 Å². The Hall–Kier alpha value is -2.63. The zero-order valence-corrected chi connectivity index (χ0v) is 16.2. The molecule has 27 heavy (non-hydrogen) atoms. The van der Waals surface area contributed by atoms with Crippen LogP contribution in [0.15, 0.2) is 30.3 Å². The Balaban J connectivity index is 1.68. The molecule has 2 aromatic rings. The Kier molecular flexibility index (Phi) is 5.94. The molecule has 1 fully saturated rings. The summed E-state index contributed by atoms with van der Waals surface area (Å²) in [6, 6.07) is 9.81. The monoisotopic (exact) mass is 369 g/mol. The zero-order chi connectivity index (χ0) is 19.4. The van der Waals surface area contributed by atoms with Gasteiger partial charge in [0, 0.05) is 6.04 Å². The van der Waals surface area contributed by atoms with Gasteiger partial charge in [-0.3, -0.25) is 4.79 Å². The summed E-state index contributed by atoms with van der Waals surface area (Å²) in [6.45, 7) is 5.22. The van der Waals surface area contributed by atoms with Crippen LogP contribution < -0.4 is 5.32 Å². The van der Waals surface area contributed by atoms with Crippen molar-refractivity contribution in [3.63, 3.8) is 0 Å². The van der Waals surface area contributed by atoms with Crippen molar-refractivity contribution in [1.29, 1.82) is 0 Å². The summed E-state index contributed by atoms with van der Waals surface area (Å²) in [6.07, 6.45) is 4.65. The predicted octanol–water partition coefficient (Wildman–Crippen LogP) is 3.48. The van der Waals surface area contributed by atoms with Crippen LogP contribution in [0.2, 0.25) is 0 Å². The lowest BCUT2D eigenvalue weighted by Crippen LogP contribution is -2.42. The van der Waals surface area contributed by atoms with Gasteiger partial charge in [0.05, 0.1) is 17.1 Å². The second-order valence-corrected chi connectivity index (χ2v) is 7.18. The van der Waals surface area contributed by atoms with Gasteiger partial charge in [0.1, 0.15) is 5.56 Å². The molecule has 1 aromatic carbocycles. The van der Waals surface area contributed by atoms with Crippen molar-refractivity contribution in [2.24, 2.45) is 0 Å². The summed E-state index contributed by atoms with van der Waals surface area (Å²) in [4.78, 5) is 25.0. The van der Waals surface area contributed by atoms with Gasteiger partial charge in [0.2, 0.25) is 0 Å². The minimum absolute atomic E-state index is 0.191. The van der Waals surface area contributed by atoms with Crippen molar-refractivity contribution < 1.29 is 14.3 Å². The highest BCUT2D eigenvalue weighted by atomic mass is 16.5. The van der Waals surface area contributed by atoms with E-state index in [0.717, 1.165) is 31.4 Å². The number of hydrogen-bond acceptors (Lipinski definition) is 4. The second-order valence-electron chi connectivity index (χ2n) is 7.18. The molecule has 144 valence electrons. The van der Waals surface area contributed by atoms with Crippen LogP contribution in [-0.4, -0.2) is 33.8 Å². The fourth-order valence-corrected chi connectivity index (χ4v) is 3.60. The van der Waals surface area contributed by atoms with Crippen molar-refractivity contribution >= 4 is 11.9 Å². The summed E-state index contributed by atoms with van der Waals surface area (Å²) in [5.74, 6) is -0.750. The van der Waals surface area contributed by atoms with Gasteiger partial charge in [0.15, 0.2) is 6.10 Å². The van der Waals surface area contributed by atoms with Crippen LogP contribution in [0.3, 0.4) is 0 Å². The highest BCUT2D eigenvalue weighted by molar-refractivity contribution is 5.94. The Bertz CT molecular complexity index is 808. The van der Waals surface area contributed by atoms with Gasteiger partial charge in [0.25, 0.3) is 5.91 Å². The second kappa shape index (κ2) is 8.37. The minimum Gasteiger partial charge on any atom is -0.449 e. The molecule has 0 aliphatic heterocycles. The van der Waals surface area contributed by atoms with Crippen LogP contribution >= 0.6 is 0 Å². The minimum atomic E-state index is -0.835. The number of rotatable bonds is 5. The molecule has 1 saturated carbocycles. The zero-order valence-electron chi connectivity index (χ0n) is 16.2. The molecule has 6 heteroatoms. The van der Waals surface area contributed by atoms with E-state index >= 15 is 0 Å². The fourth-order valence-electron chi connectivity index (χ4n) is 3.60. The summed E-state index contributed by atoms with van der Waals surface area (Å²) in [5, 5.41) is 7.46. The molecular weight excluding hydrogens is 342 g/mol. The molecule has 6 nitrogen and oxygen atoms in total. The number of nitrogens with zero attached hydrogens (tertiary/aromatic N) is 2. The Labute approximate surface area is 159 Å². The molecule has 0 unspecified atom stereocenters. The van der Waals surface area contributed by atoms with Crippen LogP contribution in [0.4, 0.5) is 0 Å². The van der Waals surface area contributed by atoms with E-state index in [4.69, 9.17) is 4.74 Å². The van der Waals surface area contributed by atoms with E-state index in [1.807, 2.05) is 37.3 Å². The standard InChI is InChI=1S/C21H27N3O3/c1-14-19(15(2)24(23-14)18-12-8-5-9-13-18)21(26)27-16(3)20(25)22-17-10-6-4-7-11-17/h5,8-9,12-13,16-17H,4,6-7,10-11H2,1-3H3,(H,22,25)/t16-/m0/s1. The van der Waals surface area contributed by atoms with E-state index < -0.39 is 12.1 Å². The molecule has 0 spiro atoms. The number of esters is 1. The Morgan fingerprint density at radius 2 is 1.81 bits per heavy atom. The molecule has 3 rings (SSSR count). The molecule has 0 bridgehead atoms. The van der Waals surface area contributed by atoms with Crippen molar-refractivity contribution in [3.05, 3.63) is 47.3 Å². The quantitative estimate of drug-likeness (QED) is 0.819. The van der Waals surface area contributed by atoms with Crippen molar-refractivity contribution in [2.45, 2.75) is 65.0 Å². The summed E-state index contributed by atoms with van der Waals surface area (Å²) >= 11 is 0. The van der Waals surface area contributed by atoms with Gasteiger partial charge >= 0.3 is 5.97 Å². The lowest BCUT2D eigenvalue weighted by molar-refractivity contribution is -0.130. The maximum atomic E-state index is 12.7. The lowest BCUT2D eigenvalue weighted by atomic mass is 9.95. The SMILES string of the molecule is Cc1nn(-c2ccccc2)c(C)c1C(=O)O[C@@H](C)C(=O)NC1CCCCC1. The first-order valence-corrected chi connectivity index (χ1v) is 9.60. The molecule has 1 heterocycles. The molecule has 1 aliphatic carbocycles. The maximum Gasteiger partial charge on any atom is 0.342 e. The third-order valence-electron chi connectivity index (χ3n) is 5.10. The van der Waals surface area contributed by atoms with Crippen molar-refractivity contribution in [3.8, 4) is 5.69 Å². The Morgan fingerprint density at radius 1 is 1.15 bits per heavy atom. The van der Waals surface area contributed by atoms with Crippen LogP contribution in [0, 0.1) is 13.8 Å². The third kappa shape index (κ3) is 4.38. The maximum absolute atomic E-state index is 12.7. The van der Waals surface area contributed by atoms with Crippen LogP contribution in [0.5, 0.6) is 0 Å². The topological polar surface area (TPSA) is 73.2 Å². The summed E-state index contributed by atoms with van der Waals surface area (Å²) in [5.41, 5.74) is 2.57. The molecule has 0 saturated heterocycles. The number of hydrogen-bond donors (Lipinski definition) is 1. The number of amides is 1. The van der Waals surface area contributed by atoms with Crippen molar-refractivity contribution in [1.82, 2.24) is 15.1 Å². The predicted molar refractivity (Wildman–Crippen MR) is 103 cm³/mol.